The Morgan fingerprint density at radius 1 is 0.963 bits per heavy atom. The molecular weight excluding hydrogens is 356 g/mol. The van der Waals surface area contributed by atoms with Crippen LogP contribution in [-0.2, 0) is 13.1 Å². The zero-order valence-corrected chi connectivity index (χ0v) is 15.9. The summed E-state index contributed by atoms with van der Waals surface area (Å²) in [4.78, 5) is 6.67. The molecule has 4 nitrogen and oxygen atoms in total. The normalized spacial score (nSPS) is 13.4. The van der Waals surface area contributed by atoms with Crippen molar-refractivity contribution in [2.24, 2.45) is 0 Å². The Hall–Kier alpha value is -2.72. The number of nitrogens with two attached hydrogens (primary N) is 1. The largest absolute Gasteiger partial charge is 0.394 e. The molecule has 0 radical (unpaired) electrons. The zero-order chi connectivity index (χ0) is 18.6. The van der Waals surface area contributed by atoms with E-state index in [-0.39, 0.29) is 0 Å². The van der Waals surface area contributed by atoms with E-state index in [9.17, 15) is 0 Å². The standard InChI is InChI=1S/C22H23ClN4/c23-20-13-19(21(24)22(26-20)25-18-11-12-18)27(14-16-7-3-1-4-8-16)15-17-9-5-2-6-10-17/h1-10,13,18H,11-12,14-15,24H2,(H,25,26). The molecule has 1 aliphatic carbocycles. The molecule has 1 heterocycles. The zero-order valence-electron chi connectivity index (χ0n) is 15.1. The van der Waals surface area contributed by atoms with Gasteiger partial charge in [-0.3, -0.25) is 0 Å². The van der Waals surface area contributed by atoms with Gasteiger partial charge in [-0.05, 0) is 24.0 Å². The van der Waals surface area contributed by atoms with Gasteiger partial charge in [0, 0.05) is 25.2 Å². The molecule has 3 aromatic rings. The third kappa shape index (κ3) is 4.52. The summed E-state index contributed by atoms with van der Waals surface area (Å²) in [6, 6.07) is 23.1. The Bertz CT molecular complexity index is 853. The molecule has 0 unspecified atom stereocenters. The fourth-order valence-electron chi connectivity index (χ4n) is 3.14. The Balaban J connectivity index is 1.69. The molecule has 27 heavy (non-hydrogen) atoms. The van der Waals surface area contributed by atoms with Gasteiger partial charge in [0.2, 0.25) is 0 Å². The van der Waals surface area contributed by atoms with Gasteiger partial charge in [0.15, 0.2) is 5.82 Å². The summed E-state index contributed by atoms with van der Waals surface area (Å²) in [7, 11) is 0. The van der Waals surface area contributed by atoms with E-state index in [4.69, 9.17) is 17.3 Å². The second kappa shape index (κ2) is 7.89. The number of pyridine rings is 1. The fraction of sp³-hybridized carbons (Fsp3) is 0.227. The van der Waals surface area contributed by atoms with Crippen LogP contribution in [0.2, 0.25) is 5.15 Å². The number of nitrogen functional groups attached to an aromatic ring is 1. The van der Waals surface area contributed by atoms with E-state index in [1.165, 1.54) is 11.1 Å². The molecule has 2 aromatic carbocycles. The van der Waals surface area contributed by atoms with Crippen molar-refractivity contribution in [2.75, 3.05) is 16.0 Å². The summed E-state index contributed by atoms with van der Waals surface area (Å²) in [5.74, 6) is 0.686. The van der Waals surface area contributed by atoms with Crippen LogP contribution in [0, 0.1) is 0 Å². The smallest absolute Gasteiger partial charge is 0.153 e. The monoisotopic (exact) mass is 378 g/mol. The Morgan fingerprint density at radius 2 is 1.52 bits per heavy atom. The van der Waals surface area contributed by atoms with Gasteiger partial charge in [0.05, 0.1) is 11.4 Å². The summed E-state index contributed by atoms with van der Waals surface area (Å²) in [6.07, 6.45) is 2.31. The minimum Gasteiger partial charge on any atom is -0.394 e. The van der Waals surface area contributed by atoms with Crippen LogP contribution in [0.1, 0.15) is 24.0 Å². The molecule has 0 aliphatic heterocycles. The van der Waals surface area contributed by atoms with Crippen LogP contribution >= 0.6 is 11.6 Å². The predicted octanol–water partition coefficient (Wildman–Crippen LogP) is 5.10. The number of rotatable bonds is 7. The molecule has 1 fully saturated rings. The highest BCUT2D eigenvalue weighted by atomic mass is 35.5. The number of nitrogens with zero attached hydrogens (tertiary/aromatic N) is 2. The number of hydrogen-bond donors (Lipinski definition) is 2. The van der Waals surface area contributed by atoms with Crippen LogP contribution in [0.25, 0.3) is 0 Å². The van der Waals surface area contributed by atoms with Gasteiger partial charge in [-0.25, -0.2) is 4.98 Å². The molecule has 0 amide bonds. The number of halogens is 1. The van der Waals surface area contributed by atoms with Crippen LogP contribution in [0.4, 0.5) is 17.2 Å². The van der Waals surface area contributed by atoms with E-state index in [0.717, 1.165) is 31.6 Å². The van der Waals surface area contributed by atoms with Crippen molar-refractivity contribution in [1.82, 2.24) is 4.98 Å². The third-order valence-corrected chi connectivity index (χ3v) is 4.89. The minimum absolute atomic E-state index is 0.452. The van der Waals surface area contributed by atoms with Gasteiger partial charge < -0.3 is 16.0 Å². The van der Waals surface area contributed by atoms with Crippen LogP contribution < -0.4 is 16.0 Å². The summed E-state index contributed by atoms with van der Waals surface area (Å²) in [6.45, 7) is 1.48. The molecule has 1 saturated carbocycles. The van der Waals surface area contributed by atoms with Gasteiger partial charge in [0.1, 0.15) is 5.15 Å². The first kappa shape index (κ1) is 17.7. The molecule has 0 saturated heterocycles. The van der Waals surface area contributed by atoms with Crippen LogP contribution in [-0.4, -0.2) is 11.0 Å². The second-order valence-electron chi connectivity index (χ2n) is 6.97. The van der Waals surface area contributed by atoms with Crippen molar-refractivity contribution >= 4 is 28.8 Å². The maximum Gasteiger partial charge on any atom is 0.153 e. The van der Waals surface area contributed by atoms with E-state index in [0.29, 0.717) is 22.7 Å². The summed E-state index contributed by atoms with van der Waals surface area (Å²) in [5, 5.41) is 3.85. The van der Waals surface area contributed by atoms with Crippen LogP contribution in [0.15, 0.2) is 66.7 Å². The number of anilines is 3. The van der Waals surface area contributed by atoms with Crippen molar-refractivity contribution in [3.8, 4) is 0 Å². The van der Waals surface area contributed by atoms with Crippen molar-refractivity contribution in [3.63, 3.8) is 0 Å². The highest BCUT2D eigenvalue weighted by molar-refractivity contribution is 6.30. The average molecular weight is 379 g/mol. The quantitative estimate of drug-likeness (QED) is 0.562. The Kier molecular flexibility index (Phi) is 5.16. The molecule has 1 aromatic heterocycles. The van der Waals surface area contributed by atoms with Gasteiger partial charge >= 0.3 is 0 Å². The van der Waals surface area contributed by atoms with Gasteiger partial charge in [-0.1, -0.05) is 72.3 Å². The lowest BCUT2D eigenvalue weighted by Gasteiger charge is -2.27. The lowest BCUT2D eigenvalue weighted by atomic mass is 10.1. The molecule has 0 bridgehead atoms. The lowest BCUT2D eigenvalue weighted by Crippen LogP contribution is -2.24. The van der Waals surface area contributed by atoms with Gasteiger partial charge in [-0.15, -0.1) is 0 Å². The Morgan fingerprint density at radius 3 is 2.04 bits per heavy atom. The van der Waals surface area contributed by atoms with E-state index in [2.05, 4.69) is 63.7 Å². The summed E-state index contributed by atoms with van der Waals surface area (Å²) < 4.78 is 0. The molecule has 0 atom stereocenters. The molecule has 4 rings (SSSR count). The second-order valence-corrected chi connectivity index (χ2v) is 7.36. The van der Waals surface area contributed by atoms with Gasteiger partial charge in [0.25, 0.3) is 0 Å². The predicted molar refractivity (Wildman–Crippen MR) is 113 cm³/mol. The van der Waals surface area contributed by atoms with E-state index in [1.807, 2.05) is 18.2 Å². The summed E-state index contributed by atoms with van der Waals surface area (Å²) in [5.41, 5.74) is 10.5. The number of hydrogen-bond acceptors (Lipinski definition) is 4. The third-order valence-electron chi connectivity index (χ3n) is 4.70. The average Bonchev–Trinajstić information content (AvgIpc) is 3.50. The highest BCUT2D eigenvalue weighted by Crippen LogP contribution is 2.36. The highest BCUT2D eigenvalue weighted by Gasteiger charge is 2.24. The maximum atomic E-state index is 6.51. The molecular formula is C22H23ClN4. The van der Waals surface area contributed by atoms with Gasteiger partial charge in [-0.2, -0.15) is 0 Å². The molecule has 0 spiro atoms. The van der Waals surface area contributed by atoms with E-state index >= 15 is 0 Å². The summed E-state index contributed by atoms with van der Waals surface area (Å²) >= 11 is 6.34. The fourth-order valence-corrected chi connectivity index (χ4v) is 3.33. The van der Waals surface area contributed by atoms with Crippen LogP contribution in [0.5, 0.6) is 0 Å². The number of aromatic nitrogens is 1. The van der Waals surface area contributed by atoms with Crippen LogP contribution in [0.3, 0.4) is 0 Å². The van der Waals surface area contributed by atoms with E-state index in [1.54, 1.807) is 0 Å². The number of benzene rings is 2. The molecule has 5 heteroatoms. The molecule has 3 N–H and O–H groups in total. The SMILES string of the molecule is Nc1c(N(Cc2ccccc2)Cc2ccccc2)cc(Cl)nc1NC1CC1. The first-order valence-electron chi connectivity index (χ1n) is 9.24. The van der Waals surface area contributed by atoms with Crippen molar-refractivity contribution in [1.29, 1.82) is 0 Å². The number of nitrogens with one attached hydrogen (secondary N) is 1. The van der Waals surface area contributed by atoms with Crippen molar-refractivity contribution in [2.45, 2.75) is 32.0 Å². The first-order valence-corrected chi connectivity index (χ1v) is 9.62. The topological polar surface area (TPSA) is 54.2 Å². The van der Waals surface area contributed by atoms with Crippen molar-refractivity contribution < 1.29 is 0 Å². The maximum absolute atomic E-state index is 6.51. The minimum atomic E-state index is 0.452. The first-order chi connectivity index (χ1) is 13.2. The van der Waals surface area contributed by atoms with E-state index < -0.39 is 0 Å². The molecule has 138 valence electrons. The van der Waals surface area contributed by atoms with Crippen molar-refractivity contribution in [3.05, 3.63) is 83.0 Å². The molecule has 1 aliphatic rings. The Labute approximate surface area is 165 Å². The lowest BCUT2D eigenvalue weighted by molar-refractivity contribution is 0.800.